The quantitative estimate of drug-likeness (QED) is 0.638. The van der Waals surface area contributed by atoms with Crippen LogP contribution in [0, 0.1) is 18.7 Å². The van der Waals surface area contributed by atoms with Gasteiger partial charge in [-0.25, -0.2) is 4.39 Å². The molecule has 0 aromatic heterocycles. The molecule has 0 aliphatic heterocycles. The monoisotopic (exact) mass is 421 g/mol. The van der Waals surface area contributed by atoms with Gasteiger partial charge in [0.1, 0.15) is 5.82 Å². The molecular formula is C23H23F4NO2. The predicted molar refractivity (Wildman–Crippen MR) is 103 cm³/mol. The highest BCUT2D eigenvalue weighted by atomic mass is 19.4. The molecule has 0 heterocycles. The van der Waals surface area contributed by atoms with E-state index in [1.807, 2.05) is 0 Å². The number of carbonyl (C=O) groups is 1. The Hall–Kier alpha value is -2.41. The second-order valence-corrected chi connectivity index (χ2v) is 8.45. The van der Waals surface area contributed by atoms with E-state index >= 15 is 0 Å². The molecule has 7 heteroatoms. The summed E-state index contributed by atoms with van der Waals surface area (Å²) in [6.07, 6.45) is -2.62. The molecule has 2 N–H and O–H groups in total. The Kier molecular flexibility index (Phi) is 5.12. The van der Waals surface area contributed by atoms with Crippen LogP contribution in [-0.2, 0) is 12.0 Å². The predicted octanol–water partition coefficient (Wildman–Crippen LogP) is 5.10. The van der Waals surface area contributed by atoms with E-state index in [0.29, 0.717) is 5.56 Å². The Morgan fingerprint density at radius 1 is 1.20 bits per heavy atom. The molecular weight excluding hydrogens is 398 g/mol. The number of aliphatic hydroxyl groups excluding tert-OH is 1. The van der Waals surface area contributed by atoms with Gasteiger partial charge >= 0.3 is 6.18 Å². The van der Waals surface area contributed by atoms with E-state index in [2.05, 4.69) is 5.32 Å². The Balaban J connectivity index is 1.64. The number of amides is 1. The fraction of sp³-hybridized carbons (Fsp3) is 0.435. The van der Waals surface area contributed by atoms with Gasteiger partial charge in [0.05, 0.1) is 18.1 Å². The lowest BCUT2D eigenvalue weighted by Crippen LogP contribution is -2.32. The lowest BCUT2D eigenvalue weighted by molar-refractivity contribution is -0.160. The number of aryl methyl sites for hydroxylation is 1. The van der Waals surface area contributed by atoms with Gasteiger partial charge in [0, 0.05) is 5.56 Å². The number of hydrogen-bond donors (Lipinski definition) is 2. The maximum Gasteiger partial charge on any atom is 0.398 e. The van der Waals surface area contributed by atoms with Gasteiger partial charge in [0.25, 0.3) is 5.91 Å². The highest BCUT2D eigenvalue weighted by Gasteiger charge is 2.64. The van der Waals surface area contributed by atoms with Crippen LogP contribution in [0.3, 0.4) is 0 Å². The first-order chi connectivity index (χ1) is 14.1. The molecule has 1 amide bonds. The van der Waals surface area contributed by atoms with Crippen LogP contribution in [0.5, 0.6) is 0 Å². The zero-order chi connectivity index (χ0) is 21.7. The first kappa shape index (κ1) is 20.8. The number of hydrogen-bond acceptors (Lipinski definition) is 2. The average molecular weight is 421 g/mol. The van der Waals surface area contributed by atoms with Crippen molar-refractivity contribution in [3.05, 3.63) is 70.0 Å². The van der Waals surface area contributed by atoms with Gasteiger partial charge in [-0.2, -0.15) is 13.2 Å². The molecule has 3 nitrogen and oxygen atoms in total. The van der Waals surface area contributed by atoms with Gasteiger partial charge in [-0.3, -0.25) is 4.79 Å². The number of rotatable bonds is 6. The number of aliphatic hydroxyl groups is 1. The van der Waals surface area contributed by atoms with Crippen molar-refractivity contribution in [2.45, 2.75) is 56.8 Å². The summed E-state index contributed by atoms with van der Waals surface area (Å²) in [6, 6.07) is 8.38. The van der Waals surface area contributed by atoms with Gasteiger partial charge in [0.2, 0.25) is 0 Å². The molecule has 30 heavy (non-hydrogen) atoms. The minimum atomic E-state index is -4.41. The third kappa shape index (κ3) is 3.83. The molecule has 0 bridgehead atoms. The maximum atomic E-state index is 13.6. The van der Waals surface area contributed by atoms with Crippen LogP contribution in [-0.4, -0.2) is 17.2 Å². The Labute approximate surface area is 172 Å². The molecule has 4 rings (SSSR count). The van der Waals surface area contributed by atoms with Crippen LogP contribution < -0.4 is 5.32 Å². The lowest BCUT2D eigenvalue weighted by atomic mass is 9.91. The van der Waals surface area contributed by atoms with E-state index in [-0.39, 0.29) is 47.3 Å². The summed E-state index contributed by atoms with van der Waals surface area (Å²) in [5, 5.41) is 12.4. The number of halogens is 4. The smallest absolute Gasteiger partial charge is 0.392 e. The zero-order valence-electron chi connectivity index (χ0n) is 16.5. The highest BCUT2D eigenvalue weighted by Crippen LogP contribution is 2.59. The lowest BCUT2D eigenvalue weighted by Gasteiger charge is -2.23. The summed E-state index contributed by atoms with van der Waals surface area (Å²) in [7, 11) is 0. The van der Waals surface area contributed by atoms with Crippen LogP contribution in [0.15, 0.2) is 36.4 Å². The van der Waals surface area contributed by atoms with E-state index in [1.165, 1.54) is 24.3 Å². The minimum Gasteiger partial charge on any atom is -0.392 e. The number of alkyl halides is 3. The molecule has 0 saturated heterocycles. The van der Waals surface area contributed by atoms with Gasteiger partial charge in [-0.15, -0.1) is 0 Å². The zero-order valence-corrected chi connectivity index (χ0v) is 16.5. The normalized spacial score (nSPS) is 18.7. The second kappa shape index (κ2) is 7.38. The second-order valence-electron chi connectivity index (χ2n) is 8.45. The molecule has 1 unspecified atom stereocenters. The first-order valence-corrected chi connectivity index (χ1v) is 10.0. The van der Waals surface area contributed by atoms with Crippen molar-refractivity contribution in [3.63, 3.8) is 0 Å². The molecule has 0 spiro atoms. The van der Waals surface area contributed by atoms with E-state index in [1.54, 1.807) is 19.1 Å². The van der Waals surface area contributed by atoms with Crippen molar-refractivity contribution in [3.8, 4) is 0 Å². The molecule has 2 fully saturated rings. The van der Waals surface area contributed by atoms with Gasteiger partial charge < -0.3 is 10.4 Å². The first-order valence-electron chi connectivity index (χ1n) is 10.0. The molecule has 2 saturated carbocycles. The summed E-state index contributed by atoms with van der Waals surface area (Å²) in [5.41, 5.74) is -0.301. The summed E-state index contributed by atoms with van der Waals surface area (Å²) < 4.78 is 54.4. The van der Waals surface area contributed by atoms with Crippen LogP contribution in [0.2, 0.25) is 0 Å². The van der Waals surface area contributed by atoms with Crippen molar-refractivity contribution in [1.82, 2.24) is 5.32 Å². The van der Waals surface area contributed by atoms with Crippen LogP contribution >= 0.6 is 0 Å². The largest absolute Gasteiger partial charge is 0.398 e. The summed E-state index contributed by atoms with van der Waals surface area (Å²) in [6.45, 7) is 1.19. The Bertz CT molecular complexity index is 978. The fourth-order valence-corrected chi connectivity index (χ4v) is 4.04. The molecule has 2 aromatic carbocycles. The molecule has 2 aliphatic carbocycles. The van der Waals surface area contributed by atoms with E-state index in [4.69, 9.17) is 0 Å². The van der Waals surface area contributed by atoms with Crippen LogP contribution in [0.4, 0.5) is 17.6 Å². The van der Waals surface area contributed by atoms with Crippen molar-refractivity contribution in [1.29, 1.82) is 0 Å². The third-order valence-electron chi connectivity index (χ3n) is 6.20. The number of carbonyl (C=O) groups excluding carboxylic acids is 1. The van der Waals surface area contributed by atoms with Crippen LogP contribution in [0.1, 0.15) is 64.3 Å². The Morgan fingerprint density at radius 2 is 1.90 bits per heavy atom. The summed E-state index contributed by atoms with van der Waals surface area (Å²) in [5.74, 6) is -0.616. The van der Waals surface area contributed by atoms with Crippen molar-refractivity contribution in [2.24, 2.45) is 5.92 Å². The minimum absolute atomic E-state index is 0.0206. The average Bonchev–Trinajstić information content (AvgIpc) is 3.60. The van der Waals surface area contributed by atoms with E-state index in [0.717, 1.165) is 18.4 Å². The van der Waals surface area contributed by atoms with Crippen molar-refractivity contribution >= 4 is 5.91 Å². The molecule has 2 aliphatic rings. The van der Waals surface area contributed by atoms with E-state index in [9.17, 15) is 27.5 Å². The topological polar surface area (TPSA) is 49.3 Å². The third-order valence-corrected chi connectivity index (χ3v) is 6.20. The maximum absolute atomic E-state index is 13.6. The van der Waals surface area contributed by atoms with Crippen molar-refractivity contribution in [2.75, 3.05) is 0 Å². The van der Waals surface area contributed by atoms with Gasteiger partial charge in [0.15, 0.2) is 0 Å². The summed E-state index contributed by atoms with van der Waals surface area (Å²) in [4.78, 5) is 13.0. The molecule has 1 atom stereocenters. The van der Waals surface area contributed by atoms with Gasteiger partial charge in [-0.05, 0) is 79.0 Å². The van der Waals surface area contributed by atoms with Crippen LogP contribution in [0.25, 0.3) is 0 Å². The molecule has 160 valence electrons. The highest BCUT2D eigenvalue weighted by molar-refractivity contribution is 5.95. The van der Waals surface area contributed by atoms with Gasteiger partial charge in [-0.1, -0.05) is 18.2 Å². The SMILES string of the molecule is Cc1cc(C(NC(=O)c2cc(CO)cc(C3(C(F)(F)F)CC3)c2)C2CC2)ccc1F. The summed E-state index contributed by atoms with van der Waals surface area (Å²) >= 11 is 0. The molecule has 2 aromatic rings. The fourth-order valence-electron chi connectivity index (χ4n) is 4.04. The van der Waals surface area contributed by atoms with E-state index < -0.39 is 24.1 Å². The number of nitrogens with one attached hydrogen (secondary N) is 1. The van der Waals surface area contributed by atoms with Crippen molar-refractivity contribution < 1.29 is 27.5 Å². The standard InChI is InChI=1S/C23H23F4NO2/c1-13-8-16(4-5-19(13)24)20(15-2-3-15)28-21(30)17-9-14(12-29)10-18(11-17)22(6-7-22)23(25,26)27/h4-5,8-11,15,20,29H,2-3,6-7,12H2,1H3,(H,28,30). The Morgan fingerprint density at radius 3 is 2.43 bits per heavy atom. The molecule has 0 radical (unpaired) electrons. The number of benzene rings is 2.